The van der Waals surface area contributed by atoms with Gasteiger partial charge in [-0.1, -0.05) is 62.6 Å². The Labute approximate surface area is 161 Å². The molecule has 2 aromatic carbocycles. The zero-order chi connectivity index (χ0) is 18.6. The van der Waals surface area contributed by atoms with E-state index in [-0.39, 0.29) is 5.91 Å². The SMILES string of the molecule is CCCCCCC(=O)NC(=S)Nc1cccc(OCc2ccccc2)c1. The smallest absolute Gasteiger partial charge is 0.226 e. The van der Waals surface area contributed by atoms with Crippen LogP contribution in [-0.2, 0) is 11.4 Å². The lowest BCUT2D eigenvalue weighted by Crippen LogP contribution is -2.33. The minimum Gasteiger partial charge on any atom is -0.489 e. The van der Waals surface area contributed by atoms with Crippen LogP contribution >= 0.6 is 12.2 Å². The molecule has 0 saturated heterocycles. The van der Waals surface area contributed by atoms with E-state index >= 15 is 0 Å². The summed E-state index contributed by atoms with van der Waals surface area (Å²) in [6.45, 7) is 2.65. The first kappa shape index (κ1) is 19.9. The summed E-state index contributed by atoms with van der Waals surface area (Å²) in [7, 11) is 0. The standard InChI is InChI=1S/C21H26N2O2S/c1-2-3-4-8-14-20(24)23-21(26)22-18-12-9-13-19(15-18)25-16-17-10-6-5-7-11-17/h5-7,9-13,15H,2-4,8,14,16H2,1H3,(H2,22,23,24,26). The molecule has 1 amide bonds. The highest BCUT2D eigenvalue weighted by Crippen LogP contribution is 2.18. The second-order valence-electron chi connectivity index (χ2n) is 6.12. The Morgan fingerprint density at radius 3 is 2.62 bits per heavy atom. The van der Waals surface area contributed by atoms with Crippen LogP contribution in [0.2, 0.25) is 0 Å². The zero-order valence-electron chi connectivity index (χ0n) is 15.2. The van der Waals surface area contributed by atoms with Crippen LogP contribution in [0.15, 0.2) is 54.6 Å². The minimum atomic E-state index is -0.0462. The van der Waals surface area contributed by atoms with Gasteiger partial charge in [0.2, 0.25) is 5.91 Å². The van der Waals surface area contributed by atoms with Crippen LogP contribution in [0.5, 0.6) is 5.75 Å². The average molecular weight is 371 g/mol. The summed E-state index contributed by atoms with van der Waals surface area (Å²) < 4.78 is 5.80. The average Bonchev–Trinajstić information content (AvgIpc) is 2.64. The highest BCUT2D eigenvalue weighted by Gasteiger charge is 2.05. The number of benzene rings is 2. The molecule has 0 radical (unpaired) electrons. The number of rotatable bonds is 9. The molecule has 2 aromatic rings. The van der Waals surface area contributed by atoms with Gasteiger partial charge in [0.05, 0.1) is 0 Å². The fourth-order valence-corrected chi connectivity index (χ4v) is 2.70. The van der Waals surface area contributed by atoms with Crippen molar-refractivity contribution in [3.63, 3.8) is 0 Å². The predicted octanol–water partition coefficient (Wildman–Crippen LogP) is 5.05. The maximum Gasteiger partial charge on any atom is 0.226 e. The molecule has 0 unspecified atom stereocenters. The van der Waals surface area contributed by atoms with Crippen molar-refractivity contribution in [1.29, 1.82) is 0 Å². The van der Waals surface area contributed by atoms with E-state index in [0.29, 0.717) is 18.1 Å². The number of unbranched alkanes of at least 4 members (excludes halogenated alkanes) is 3. The Morgan fingerprint density at radius 1 is 1.04 bits per heavy atom. The lowest BCUT2D eigenvalue weighted by Gasteiger charge is -2.11. The highest BCUT2D eigenvalue weighted by molar-refractivity contribution is 7.80. The third kappa shape index (κ3) is 7.66. The maximum absolute atomic E-state index is 11.9. The summed E-state index contributed by atoms with van der Waals surface area (Å²) in [5.41, 5.74) is 1.89. The van der Waals surface area contributed by atoms with Crippen LogP contribution in [0.4, 0.5) is 5.69 Å². The molecule has 0 aliphatic heterocycles. The second-order valence-corrected chi connectivity index (χ2v) is 6.52. The van der Waals surface area contributed by atoms with Crippen LogP contribution in [0, 0.1) is 0 Å². The summed E-state index contributed by atoms with van der Waals surface area (Å²) in [6, 6.07) is 17.5. The lowest BCUT2D eigenvalue weighted by molar-refractivity contribution is -0.119. The van der Waals surface area contributed by atoms with E-state index in [4.69, 9.17) is 17.0 Å². The second kappa shape index (κ2) is 11.3. The summed E-state index contributed by atoms with van der Waals surface area (Å²) >= 11 is 5.21. The van der Waals surface area contributed by atoms with Crippen LogP contribution in [0.25, 0.3) is 0 Å². The summed E-state index contributed by atoms with van der Waals surface area (Å²) in [5.74, 6) is 0.697. The van der Waals surface area contributed by atoms with Crippen molar-refractivity contribution in [2.75, 3.05) is 5.32 Å². The molecule has 0 bridgehead atoms. The van der Waals surface area contributed by atoms with Crippen molar-refractivity contribution in [2.45, 2.75) is 45.6 Å². The van der Waals surface area contributed by atoms with Crippen molar-refractivity contribution >= 4 is 28.9 Å². The fraction of sp³-hybridized carbons (Fsp3) is 0.333. The first-order chi connectivity index (χ1) is 12.7. The third-order valence-corrected chi connectivity index (χ3v) is 4.05. The van der Waals surface area contributed by atoms with Gasteiger partial charge in [0.15, 0.2) is 5.11 Å². The van der Waals surface area contributed by atoms with Crippen molar-refractivity contribution < 1.29 is 9.53 Å². The number of carbonyl (C=O) groups excluding carboxylic acids is 1. The summed E-state index contributed by atoms with van der Waals surface area (Å²) in [5, 5.41) is 6.07. The Kier molecular flexibility index (Phi) is 8.63. The molecule has 26 heavy (non-hydrogen) atoms. The van der Waals surface area contributed by atoms with Crippen LogP contribution < -0.4 is 15.4 Å². The number of amides is 1. The first-order valence-electron chi connectivity index (χ1n) is 9.05. The van der Waals surface area contributed by atoms with Gasteiger partial charge in [-0.3, -0.25) is 4.79 Å². The number of anilines is 1. The number of hydrogen-bond donors (Lipinski definition) is 2. The molecular weight excluding hydrogens is 344 g/mol. The van der Waals surface area contributed by atoms with E-state index in [0.717, 1.165) is 42.7 Å². The maximum atomic E-state index is 11.9. The predicted molar refractivity (Wildman–Crippen MR) is 110 cm³/mol. The number of carbonyl (C=O) groups is 1. The molecule has 138 valence electrons. The third-order valence-electron chi connectivity index (χ3n) is 3.85. The van der Waals surface area contributed by atoms with Gasteiger partial charge in [0.1, 0.15) is 12.4 Å². The summed E-state index contributed by atoms with van der Waals surface area (Å²) in [4.78, 5) is 11.9. The Morgan fingerprint density at radius 2 is 1.85 bits per heavy atom. The van der Waals surface area contributed by atoms with E-state index in [1.807, 2.05) is 54.6 Å². The molecule has 0 aromatic heterocycles. The molecule has 5 heteroatoms. The molecule has 0 heterocycles. The van der Waals surface area contributed by atoms with E-state index in [9.17, 15) is 4.79 Å². The first-order valence-corrected chi connectivity index (χ1v) is 9.46. The van der Waals surface area contributed by atoms with E-state index < -0.39 is 0 Å². The van der Waals surface area contributed by atoms with E-state index in [2.05, 4.69) is 17.6 Å². The van der Waals surface area contributed by atoms with Crippen LogP contribution in [-0.4, -0.2) is 11.0 Å². The normalized spacial score (nSPS) is 10.2. The molecule has 0 spiro atoms. The van der Waals surface area contributed by atoms with Crippen molar-refractivity contribution in [3.05, 3.63) is 60.2 Å². The van der Waals surface area contributed by atoms with Gasteiger partial charge in [-0.05, 0) is 36.3 Å². The largest absolute Gasteiger partial charge is 0.489 e. The number of nitrogens with one attached hydrogen (secondary N) is 2. The van der Waals surface area contributed by atoms with Crippen LogP contribution in [0.3, 0.4) is 0 Å². The quantitative estimate of drug-likeness (QED) is 0.479. The molecule has 4 nitrogen and oxygen atoms in total. The van der Waals surface area contributed by atoms with Crippen molar-refractivity contribution in [2.24, 2.45) is 0 Å². The van der Waals surface area contributed by atoms with E-state index in [1.54, 1.807) is 0 Å². The van der Waals surface area contributed by atoms with Gasteiger partial charge in [-0.15, -0.1) is 0 Å². The van der Waals surface area contributed by atoms with Gasteiger partial charge in [-0.25, -0.2) is 0 Å². The van der Waals surface area contributed by atoms with Gasteiger partial charge >= 0.3 is 0 Å². The molecule has 0 atom stereocenters. The molecule has 0 saturated carbocycles. The van der Waals surface area contributed by atoms with Crippen LogP contribution in [0.1, 0.15) is 44.6 Å². The Balaban J connectivity index is 1.78. The van der Waals surface area contributed by atoms with Gasteiger partial charge in [-0.2, -0.15) is 0 Å². The molecule has 0 aliphatic rings. The molecular formula is C21H26N2O2S. The monoisotopic (exact) mass is 370 g/mol. The van der Waals surface area contributed by atoms with Gasteiger partial charge in [0, 0.05) is 18.2 Å². The number of hydrogen-bond acceptors (Lipinski definition) is 3. The Hall–Kier alpha value is -2.40. The fourth-order valence-electron chi connectivity index (χ4n) is 2.47. The molecule has 2 N–H and O–H groups in total. The topological polar surface area (TPSA) is 50.4 Å². The van der Waals surface area contributed by atoms with Crippen molar-refractivity contribution in [1.82, 2.24) is 5.32 Å². The van der Waals surface area contributed by atoms with Gasteiger partial charge in [0.25, 0.3) is 0 Å². The lowest BCUT2D eigenvalue weighted by atomic mass is 10.1. The number of thiocarbonyl (C=S) groups is 1. The van der Waals surface area contributed by atoms with Crippen molar-refractivity contribution in [3.8, 4) is 5.75 Å². The number of ether oxygens (including phenoxy) is 1. The molecule has 0 fully saturated rings. The molecule has 2 rings (SSSR count). The Bertz CT molecular complexity index is 704. The summed E-state index contributed by atoms with van der Waals surface area (Å²) in [6.07, 6.45) is 4.79. The molecule has 0 aliphatic carbocycles. The van der Waals surface area contributed by atoms with E-state index in [1.165, 1.54) is 0 Å². The zero-order valence-corrected chi connectivity index (χ0v) is 16.0. The highest BCUT2D eigenvalue weighted by atomic mass is 32.1. The van der Waals surface area contributed by atoms with Gasteiger partial charge < -0.3 is 15.4 Å². The minimum absolute atomic E-state index is 0.0462.